The Morgan fingerprint density at radius 1 is 0.786 bits per heavy atom. The van der Waals surface area contributed by atoms with Gasteiger partial charge in [0.05, 0.1) is 6.61 Å². The molecule has 0 aliphatic rings. The van der Waals surface area contributed by atoms with E-state index in [2.05, 4.69) is 55.6 Å². The summed E-state index contributed by atoms with van der Waals surface area (Å²) in [5, 5.41) is 3.41. The molecule has 1 N–H and O–H groups in total. The van der Waals surface area contributed by atoms with Gasteiger partial charge in [-0.15, -0.1) is 0 Å². The third kappa shape index (κ3) is 6.05. The summed E-state index contributed by atoms with van der Waals surface area (Å²) in [5.41, 5.74) is 3.57. The average Bonchev–Trinajstić information content (AvgIpc) is 2.72. The number of benzene rings is 3. The van der Waals surface area contributed by atoms with Crippen LogP contribution in [-0.4, -0.2) is 19.8 Å². The molecule has 0 atom stereocenters. The normalized spacial score (nSPS) is 10.7. The highest BCUT2D eigenvalue weighted by atomic mass is 16.5. The molecule has 3 heteroatoms. The largest absolute Gasteiger partial charge is 0.493 e. The first kappa shape index (κ1) is 19.8. The van der Waals surface area contributed by atoms with Crippen LogP contribution in [0, 0.1) is 0 Å². The fraction of sp³-hybridized carbons (Fsp3) is 0.280. The maximum absolute atomic E-state index is 5.97. The van der Waals surface area contributed by atoms with Crippen LogP contribution in [0.5, 0.6) is 11.5 Å². The molecule has 0 fully saturated rings. The number of hydrogen-bond donors (Lipinski definition) is 1. The lowest BCUT2D eigenvalue weighted by atomic mass is 10.0. The van der Waals surface area contributed by atoms with Gasteiger partial charge < -0.3 is 14.8 Å². The third-order valence-corrected chi connectivity index (χ3v) is 4.57. The lowest BCUT2D eigenvalue weighted by Gasteiger charge is -2.14. The van der Waals surface area contributed by atoms with Crippen LogP contribution >= 0.6 is 0 Å². The van der Waals surface area contributed by atoms with Crippen LogP contribution in [0.2, 0.25) is 0 Å². The second-order valence-corrected chi connectivity index (χ2v) is 7.08. The zero-order chi connectivity index (χ0) is 19.6. The first-order chi connectivity index (χ1) is 13.7. The van der Waals surface area contributed by atoms with E-state index < -0.39 is 0 Å². The van der Waals surface area contributed by atoms with Gasteiger partial charge in [0.25, 0.3) is 0 Å². The van der Waals surface area contributed by atoms with Gasteiger partial charge in [-0.1, -0.05) is 68.4 Å². The van der Waals surface area contributed by atoms with Gasteiger partial charge in [0.1, 0.15) is 18.1 Å². The summed E-state index contributed by atoms with van der Waals surface area (Å²) >= 11 is 0. The maximum atomic E-state index is 5.97. The standard InChI is InChI=1S/C25H29NO2/c1-20(2)24-13-6-7-14-25(24)28-18-16-26-22-11-8-12-23(19-22)27-17-15-21-9-4-3-5-10-21/h3-14,19-20,26H,15-18H2,1-2H3. The number of hydrogen-bond acceptors (Lipinski definition) is 3. The third-order valence-electron chi connectivity index (χ3n) is 4.57. The van der Waals surface area contributed by atoms with Gasteiger partial charge >= 0.3 is 0 Å². The van der Waals surface area contributed by atoms with Crippen molar-refractivity contribution in [3.63, 3.8) is 0 Å². The number of para-hydroxylation sites is 1. The van der Waals surface area contributed by atoms with E-state index in [4.69, 9.17) is 9.47 Å². The first-order valence-electron chi connectivity index (χ1n) is 9.95. The molecule has 0 bridgehead atoms. The minimum absolute atomic E-state index is 0.453. The first-order valence-corrected chi connectivity index (χ1v) is 9.95. The molecule has 0 unspecified atom stereocenters. The second kappa shape index (κ2) is 10.4. The molecule has 0 aliphatic carbocycles. The molecule has 3 nitrogen and oxygen atoms in total. The smallest absolute Gasteiger partial charge is 0.122 e. The van der Waals surface area contributed by atoms with Gasteiger partial charge in [-0.2, -0.15) is 0 Å². The molecule has 146 valence electrons. The Labute approximate surface area is 168 Å². The molecule has 3 aromatic carbocycles. The number of anilines is 1. The fourth-order valence-corrected chi connectivity index (χ4v) is 3.07. The zero-order valence-electron chi connectivity index (χ0n) is 16.7. The van der Waals surface area contributed by atoms with Crippen LogP contribution < -0.4 is 14.8 Å². The topological polar surface area (TPSA) is 30.5 Å². The van der Waals surface area contributed by atoms with Crippen molar-refractivity contribution in [2.24, 2.45) is 0 Å². The summed E-state index contributed by atoms with van der Waals surface area (Å²) in [7, 11) is 0. The number of rotatable bonds is 10. The van der Waals surface area contributed by atoms with E-state index in [1.54, 1.807) is 0 Å². The van der Waals surface area contributed by atoms with Crippen molar-refractivity contribution in [1.82, 2.24) is 0 Å². The average molecular weight is 376 g/mol. The highest BCUT2D eigenvalue weighted by molar-refractivity contribution is 5.48. The minimum Gasteiger partial charge on any atom is -0.493 e. The van der Waals surface area contributed by atoms with Gasteiger partial charge in [-0.3, -0.25) is 0 Å². The molecule has 0 spiro atoms. The van der Waals surface area contributed by atoms with Crippen LogP contribution in [0.25, 0.3) is 0 Å². The Kier molecular flexibility index (Phi) is 7.36. The zero-order valence-corrected chi connectivity index (χ0v) is 16.7. The van der Waals surface area contributed by atoms with Crippen LogP contribution in [-0.2, 0) is 6.42 Å². The van der Waals surface area contributed by atoms with Crippen molar-refractivity contribution in [1.29, 1.82) is 0 Å². The van der Waals surface area contributed by atoms with Crippen LogP contribution in [0.15, 0.2) is 78.9 Å². The van der Waals surface area contributed by atoms with Gasteiger partial charge in [-0.25, -0.2) is 0 Å². The molecule has 28 heavy (non-hydrogen) atoms. The second-order valence-electron chi connectivity index (χ2n) is 7.08. The predicted octanol–water partition coefficient (Wildman–Crippen LogP) is 5.92. The SMILES string of the molecule is CC(C)c1ccccc1OCCNc1cccc(OCCc2ccccc2)c1. The Morgan fingerprint density at radius 3 is 2.39 bits per heavy atom. The van der Waals surface area contributed by atoms with Crippen molar-refractivity contribution < 1.29 is 9.47 Å². The van der Waals surface area contributed by atoms with E-state index in [1.807, 2.05) is 42.5 Å². The molecule has 0 heterocycles. The molecule has 0 aromatic heterocycles. The monoisotopic (exact) mass is 375 g/mol. The maximum Gasteiger partial charge on any atom is 0.122 e. The molecule has 3 rings (SSSR count). The van der Waals surface area contributed by atoms with Crippen molar-refractivity contribution in [3.8, 4) is 11.5 Å². The summed E-state index contributed by atoms with van der Waals surface area (Å²) < 4.78 is 11.9. The van der Waals surface area contributed by atoms with Crippen molar-refractivity contribution >= 4 is 5.69 Å². The summed E-state index contributed by atoms with van der Waals surface area (Å²) in [5.74, 6) is 2.30. The van der Waals surface area contributed by atoms with Gasteiger partial charge in [0.15, 0.2) is 0 Å². The van der Waals surface area contributed by atoms with Gasteiger partial charge in [0, 0.05) is 24.7 Å². The number of ether oxygens (including phenoxy) is 2. The summed E-state index contributed by atoms with van der Waals surface area (Å²) in [6, 6.07) is 26.7. The predicted molar refractivity (Wildman–Crippen MR) is 117 cm³/mol. The Bertz CT molecular complexity index is 846. The van der Waals surface area contributed by atoms with Crippen molar-refractivity contribution in [2.75, 3.05) is 25.1 Å². The Hall–Kier alpha value is -2.94. The molecule has 0 saturated carbocycles. The molecule has 3 aromatic rings. The number of nitrogens with one attached hydrogen (secondary N) is 1. The van der Waals surface area contributed by atoms with Crippen LogP contribution in [0.1, 0.15) is 30.9 Å². The van der Waals surface area contributed by atoms with Gasteiger partial charge in [0.2, 0.25) is 0 Å². The lowest BCUT2D eigenvalue weighted by molar-refractivity contribution is 0.321. The molecule has 0 amide bonds. The fourth-order valence-electron chi connectivity index (χ4n) is 3.07. The van der Waals surface area contributed by atoms with E-state index in [0.717, 1.165) is 30.2 Å². The molecular formula is C25H29NO2. The van der Waals surface area contributed by atoms with Crippen LogP contribution in [0.4, 0.5) is 5.69 Å². The molecule has 0 aliphatic heterocycles. The highest BCUT2D eigenvalue weighted by Crippen LogP contribution is 2.25. The summed E-state index contributed by atoms with van der Waals surface area (Å²) in [4.78, 5) is 0. The van der Waals surface area contributed by atoms with E-state index in [9.17, 15) is 0 Å². The highest BCUT2D eigenvalue weighted by Gasteiger charge is 2.06. The molecule has 0 saturated heterocycles. The van der Waals surface area contributed by atoms with Crippen LogP contribution in [0.3, 0.4) is 0 Å². The quantitative estimate of drug-likeness (QED) is 0.446. The van der Waals surface area contributed by atoms with E-state index in [1.165, 1.54) is 11.1 Å². The van der Waals surface area contributed by atoms with Crippen molar-refractivity contribution in [2.45, 2.75) is 26.2 Å². The van der Waals surface area contributed by atoms with E-state index in [0.29, 0.717) is 19.1 Å². The minimum atomic E-state index is 0.453. The van der Waals surface area contributed by atoms with E-state index in [-0.39, 0.29) is 0 Å². The van der Waals surface area contributed by atoms with Crippen molar-refractivity contribution in [3.05, 3.63) is 90.0 Å². The molecular weight excluding hydrogens is 346 g/mol. The van der Waals surface area contributed by atoms with E-state index >= 15 is 0 Å². The summed E-state index contributed by atoms with van der Waals surface area (Å²) in [6.07, 6.45) is 0.904. The summed E-state index contributed by atoms with van der Waals surface area (Å²) in [6.45, 7) is 6.39. The lowest BCUT2D eigenvalue weighted by Crippen LogP contribution is -2.12. The Balaban J connectivity index is 1.43. The molecule has 0 radical (unpaired) electrons. The Morgan fingerprint density at radius 2 is 1.57 bits per heavy atom. The van der Waals surface area contributed by atoms with Gasteiger partial charge in [-0.05, 0) is 35.2 Å².